The van der Waals surface area contributed by atoms with E-state index in [0.717, 1.165) is 17.5 Å². The van der Waals surface area contributed by atoms with E-state index in [1.165, 1.54) is 12.7 Å². The molecular weight excluding hydrogens is 314 g/mol. The molecule has 0 fully saturated rings. The van der Waals surface area contributed by atoms with Crippen LogP contribution in [0.4, 0.5) is 0 Å². The Hall–Kier alpha value is -2.62. The normalized spacial score (nSPS) is 10.6. The number of ether oxygens (including phenoxy) is 1. The number of amides is 1. The van der Waals surface area contributed by atoms with E-state index in [4.69, 9.17) is 0 Å². The van der Waals surface area contributed by atoms with Crippen molar-refractivity contribution in [3.05, 3.63) is 70.8 Å². The molecule has 0 aromatic heterocycles. The SMILES string of the molecule is COC(=O)c1ccc(CNC(=O)Cc2ccc(CC(C)C)cc2)cc1. The first-order chi connectivity index (χ1) is 12.0. The van der Waals surface area contributed by atoms with Crippen molar-refractivity contribution in [1.82, 2.24) is 5.32 Å². The third-order valence-electron chi connectivity index (χ3n) is 3.90. The number of carbonyl (C=O) groups excluding carboxylic acids is 2. The van der Waals surface area contributed by atoms with E-state index in [1.54, 1.807) is 12.1 Å². The van der Waals surface area contributed by atoms with E-state index in [1.807, 2.05) is 24.3 Å². The van der Waals surface area contributed by atoms with Crippen molar-refractivity contribution in [3.63, 3.8) is 0 Å². The number of hydrogen-bond acceptors (Lipinski definition) is 3. The number of nitrogens with one attached hydrogen (secondary N) is 1. The molecule has 0 heterocycles. The summed E-state index contributed by atoms with van der Waals surface area (Å²) in [6, 6.07) is 15.2. The summed E-state index contributed by atoms with van der Waals surface area (Å²) in [6.45, 7) is 4.82. The summed E-state index contributed by atoms with van der Waals surface area (Å²) >= 11 is 0. The van der Waals surface area contributed by atoms with Gasteiger partial charge in [-0.3, -0.25) is 4.79 Å². The molecule has 0 radical (unpaired) electrons. The van der Waals surface area contributed by atoms with Crippen molar-refractivity contribution < 1.29 is 14.3 Å². The fourth-order valence-corrected chi connectivity index (χ4v) is 2.59. The maximum atomic E-state index is 12.1. The van der Waals surface area contributed by atoms with Gasteiger partial charge in [0.2, 0.25) is 5.91 Å². The first-order valence-corrected chi connectivity index (χ1v) is 8.49. The maximum Gasteiger partial charge on any atom is 0.337 e. The Balaban J connectivity index is 1.83. The smallest absolute Gasteiger partial charge is 0.337 e. The van der Waals surface area contributed by atoms with Crippen molar-refractivity contribution in [2.24, 2.45) is 5.92 Å². The summed E-state index contributed by atoms with van der Waals surface area (Å²) in [7, 11) is 1.35. The van der Waals surface area contributed by atoms with Crippen LogP contribution in [0.3, 0.4) is 0 Å². The zero-order valence-corrected chi connectivity index (χ0v) is 15.0. The first-order valence-electron chi connectivity index (χ1n) is 8.49. The zero-order valence-electron chi connectivity index (χ0n) is 15.0. The molecule has 2 aromatic rings. The summed E-state index contributed by atoms with van der Waals surface area (Å²) in [5.74, 6) is 0.241. The van der Waals surface area contributed by atoms with Gasteiger partial charge < -0.3 is 10.1 Å². The van der Waals surface area contributed by atoms with E-state index in [0.29, 0.717) is 24.4 Å². The number of esters is 1. The van der Waals surface area contributed by atoms with Gasteiger partial charge in [0.05, 0.1) is 19.1 Å². The second-order valence-electron chi connectivity index (χ2n) is 6.56. The highest BCUT2D eigenvalue weighted by Gasteiger charge is 2.06. The molecule has 25 heavy (non-hydrogen) atoms. The standard InChI is InChI=1S/C21H25NO3/c1-15(2)12-16-4-6-17(7-5-16)13-20(23)22-14-18-8-10-19(11-9-18)21(24)25-3/h4-11,15H,12-14H2,1-3H3,(H,22,23). The predicted molar refractivity (Wildman–Crippen MR) is 98.3 cm³/mol. The molecule has 0 saturated heterocycles. The molecule has 4 nitrogen and oxygen atoms in total. The number of hydrogen-bond donors (Lipinski definition) is 1. The summed E-state index contributed by atoms with van der Waals surface area (Å²) < 4.78 is 4.66. The highest BCUT2D eigenvalue weighted by Crippen LogP contribution is 2.10. The molecule has 4 heteroatoms. The van der Waals surface area contributed by atoms with Gasteiger partial charge in [-0.2, -0.15) is 0 Å². The largest absolute Gasteiger partial charge is 0.465 e. The maximum absolute atomic E-state index is 12.1. The molecule has 0 saturated carbocycles. The Morgan fingerprint density at radius 2 is 1.48 bits per heavy atom. The Morgan fingerprint density at radius 1 is 0.920 bits per heavy atom. The fourth-order valence-electron chi connectivity index (χ4n) is 2.59. The van der Waals surface area contributed by atoms with Gasteiger partial charge in [-0.25, -0.2) is 4.79 Å². The second-order valence-corrected chi connectivity index (χ2v) is 6.56. The molecule has 1 N–H and O–H groups in total. The Kier molecular flexibility index (Phi) is 6.75. The first kappa shape index (κ1) is 18.7. The van der Waals surface area contributed by atoms with Crippen LogP contribution in [0.2, 0.25) is 0 Å². The lowest BCUT2D eigenvalue weighted by atomic mass is 10.0. The van der Waals surface area contributed by atoms with E-state index >= 15 is 0 Å². The topological polar surface area (TPSA) is 55.4 Å². The minimum atomic E-state index is -0.364. The van der Waals surface area contributed by atoms with E-state index in [2.05, 4.69) is 36.0 Å². The monoisotopic (exact) mass is 339 g/mol. The lowest BCUT2D eigenvalue weighted by Gasteiger charge is -2.08. The quantitative estimate of drug-likeness (QED) is 0.785. The van der Waals surface area contributed by atoms with Crippen molar-refractivity contribution in [1.29, 1.82) is 0 Å². The van der Waals surface area contributed by atoms with Crippen molar-refractivity contribution in [3.8, 4) is 0 Å². The average molecular weight is 339 g/mol. The summed E-state index contributed by atoms with van der Waals surface area (Å²) in [5.41, 5.74) is 3.74. The molecule has 0 aliphatic carbocycles. The Labute approximate surface area is 149 Å². The number of carbonyl (C=O) groups is 2. The van der Waals surface area contributed by atoms with E-state index < -0.39 is 0 Å². The van der Waals surface area contributed by atoms with Gasteiger partial charge in [0.25, 0.3) is 0 Å². The van der Waals surface area contributed by atoms with Crippen LogP contribution in [-0.4, -0.2) is 19.0 Å². The molecular formula is C21H25NO3. The van der Waals surface area contributed by atoms with Crippen LogP contribution in [0.1, 0.15) is 40.9 Å². The summed E-state index contributed by atoms with van der Waals surface area (Å²) in [5, 5.41) is 2.90. The molecule has 0 bridgehead atoms. The molecule has 2 aromatic carbocycles. The van der Waals surface area contributed by atoms with Crippen LogP contribution < -0.4 is 5.32 Å². The molecule has 132 valence electrons. The van der Waals surface area contributed by atoms with Gasteiger partial charge in [-0.05, 0) is 41.2 Å². The lowest BCUT2D eigenvalue weighted by Crippen LogP contribution is -2.24. The van der Waals surface area contributed by atoms with Gasteiger partial charge in [0.1, 0.15) is 0 Å². The second kappa shape index (κ2) is 9.02. The fraction of sp³-hybridized carbons (Fsp3) is 0.333. The van der Waals surface area contributed by atoms with Crippen LogP contribution >= 0.6 is 0 Å². The van der Waals surface area contributed by atoms with Gasteiger partial charge in [0.15, 0.2) is 0 Å². The zero-order chi connectivity index (χ0) is 18.2. The van der Waals surface area contributed by atoms with Gasteiger partial charge in [-0.1, -0.05) is 50.2 Å². The van der Waals surface area contributed by atoms with Gasteiger partial charge in [0, 0.05) is 6.54 Å². The predicted octanol–water partition coefficient (Wildman–Crippen LogP) is 3.53. The minimum absolute atomic E-state index is 0.0198. The van der Waals surface area contributed by atoms with Crippen molar-refractivity contribution in [2.75, 3.05) is 7.11 Å². The molecule has 2 rings (SSSR count). The molecule has 0 spiro atoms. The number of rotatable bonds is 7. The van der Waals surface area contributed by atoms with Crippen LogP contribution in [0.5, 0.6) is 0 Å². The summed E-state index contributed by atoms with van der Waals surface area (Å²) in [6.07, 6.45) is 1.41. The lowest BCUT2D eigenvalue weighted by molar-refractivity contribution is -0.120. The van der Waals surface area contributed by atoms with Crippen molar-refractivity contribution >= 4 is 11.9 Å². The molecule has 0 unspecified atom stereocenters. The minimum Gasteiger partial charge on any atom is -0.465 e. The Bertz CT molecular complexity index is 703. The Morgan fingerprint density at radius 3 is 2.04 bits per heavy atom. The van der Waals surface area contributed by atoms with Crippen LogP contribution in [0.25, 0.3) is 0 Å². The van der Waals surface area contributed by atoms with E-state index in [-0.39, 0.29) is 11.9 Å². The van der Waals surface area contributed by atoms with Crippen LogP contribution in [0, 0.1) is 5.92 Å². The van der Waals surface area contributed by atoms with Gasteiger partial charge >= 0.3 is 5.97 Å². The number of benzene rings is 2. The molecule has 0 aliphatic rings. The van der Waals surface area contributed by atoms with Crippen molar-refractivity contribution in [2.45, 2.75) is 33.2 Å². The molecule has 0 atom stereocenters. The third kappa shape index (κ3) is 6.07. The number of methoxy groups -OCH3 is 1. The van der Waals surface area contributed by atoms with E-state index in [9.17, 15) is 9.59 Å². The highest BCUT2D eigenvalue weighted by atomic mass is 16.5. The van der Waals surface area contributed by atoms with Gasteiger partial charge in [-0.15, -0.1) is 0 Å². The van der Waals surface area contributed by atoms with Crippen LogP contribution in [0.15, 0.2) is 48.5 Å². The average Bonchev–Trinajstić information content (AvgIpc) is 2.61. The van der Waals surface area contributed by atoms with Crippen LogP contribution in [-0.2, 0) is 28.9 Å². The molecule has 0 aliphatic heterocycles. The third-order valence-corrected chi connectivity index (χ3v) is 3.90. The summed E-state index contributed by atoms with van der Waals surface area (Å²) in [4.78, 5) is 23.5. The highest BCUT2D eigenvalue weighted by molar-refractivity contribution is 5.89. The molecule has 1 amide bonds.